The average Bonchev–Trinajstić information content (AvgIpc) is 2.16. The molecule has 0 aliphatic rings. The molecule has 1 rings (SSSR count). The van der Waals surface area contributed by atoms with Crippen molar-refractivity contribution in [1.82, 2.24) is 9.97 Å². The van der Waals surface area contributed by atoms with E-state index in [2.05, 4.69) is 36.1 Å². The summed E-state index contributed by atoms with van der Waals surface area (Å²) < 4.78 is 0. The number of nitrogens with zero attached hydrogens (tertiary/aromatic N) is 2. The highest BCUT2D eigenvalue weighted by molar-refractivity contribution is 6.29. The normalized spacial score (nSPS) is 10.8. The quantitative estimate of drug-likeness (QED) is 0.612. The minimum Gasteiger partial charge on any atom is -0.370 e. The van der Waals surface area contributed by atoms with Gasteiger partial charge in [-0.15, -0.1) is 0 Å². The summed E-state index contributed by atoms with van der Waals surface area (Å²) in [5, 5.41) is 3.78. The van der Waals surface area contributed by atoms with Gasteiger partial charge in [0, 0.05) is 19.0 Å². The maximum atomic E-state index is 5.96. The Labute approximate surface area is 103 Å². The van der Waals surface area contributed by atoms with E-state index in [4.69, 9.17) is 11.6 Å². The van der Waals surface area contributed by atoms with E-state index < -0.39 is 0 Å². The van der Waals surface area contributed by atoms with Crippen molar-refractivity contribution in [3.63, 3.8) is 0 Å². The van der Waals surface area contributed by atoms with Crippen molar-refractivity contribution in [1.29, 1.82) is 0 Å². The number of halogens is 1. The molecule has 3 nitrogen and oxygen atoms in total. The van der Waals surface area contributed by atoms with Crippen molar-refractivity contribution in [2.45, 2.75) is 40.0 Å². The van der Waals surface area contributed by atoms with Gasteiger partial charge in [-0.3, -0.25) is 0 Å². The molecule has 0 bridgehead atoms. The van der Waals surface area contributed by atoms with Crippen LogP contribution in [-0.4, -0.2) is 16.5 Å². The maximum absolute atomic E-state index is 5.96. The fourth-order valence-electron chi connectivity index (χ4n) is 1.40. The number of hydrogen-bond donors (Lipinski definition) is 1. The molecule has 0 fully saturated rings. The van der Waals surface area contributed by atoms with Gasteiger partial charge in [0.05, 0.1) is 0 Å². The molecule has 90 valence electrons. The molecular formula is C12H20ClN3. The van der Waals surface area contributed by atoms with Crippen LogP contribution < -0.4 is 5.32 Å². The van der Waals surface area contributed by atoms with Gasteiger partial charge in [-0.1, -0.05) is 38.8 Å². The lowest BCUT2D eigenvalue weighted by molar-refractivity contribution is 0.621. The highest BCUT2D eigenvalue weighted by Crippen LogP contribution is 2.13. The van der Waals surface area contributed by atoms with Gasteiger partial charge in [-0.25, -0.2) is 9.97 Å². The van der Waals surface area contributed by atoms with Crippen molar-refractivity contribution >= 4 is 17.4 Å². The molecule has 1 N–H and O–H groups in total. The van der Waals surface area contributed by atoms with Crippen molar-refractivity contribution < 1.29 is 0 Å². The van der Waals surface area contributed by atoms with Gasteiger partial charge in [0.1, 0.15) is 16.8 Å². The van der Waals surface area contributed by atoms with Gasteiger partial charge >= 0.3 is 0 Å². The van der Waals surface area contributed by atoms with Crippen LogP contribution in [0.2, 0.25) is 5.15 Å². The van der Waals surface area contributed by atoms with E-state index in [0.717, 1.165) is 31.0 Å². The predicted octanol–water partition coefficient (Wildman–Crippen LogP) is 3.54. The number of nitrogens with one attached hydrogen (secondary N) is 1. The topological polar surface area (TPSA) is 37.8 Å². The molecule has 1 aromatic rings. The summed E-state index contributed by atoms with van der Waals surface area (Å²) >= 11 is 5.96. The summed E-state index contributed by atoms with van der Waals surface area (Å²) in [7, 11) is 0. The van der Waals surface area contributed by atoms with Crippen LogP contribution >= 0.6 is 11.6 Å². The first kappa shape index (κ1) is 13.2. The molecular weight excluding hydrogens is 222 g/mol. The second-order valence-corrected chi connectivity index (χ2v) is 4.76. The fraction of sp³-hybridized carbons (Fsp3) is 0.667. The van der Waals surface area contributed by atoms with E-state index in [-0.39, 0.29) is 0 Å². The summed E-state index contributed by atoms with van der Waals surface area (Å²) in [4.78, 5) is 8.66. The molecule has 0 aliphatic carbocycles. The van der Waals surface area contributed by atoms with Gasteiger partial charge in [0.2, 0.25) is 0 Å². The largest absolute Gasteiger partial charge is 0.370 e. The van der Waals surface area contributed by atoms with E-state index in [0.29, 0.717) is 11.1 Å². The standard InChI is InChI=1S/C12H20ClN3/c1-4-5-6-14-11-8-10(13)15-12(16-11)7-9(2)3/h8-9H,4-7H2,1-3H3,(H,14,15,16). The molecule has 1 aromatic heterocycles. The van der Waals surface area contributed by atoms with Gasteiger partial charge in [0.15, 0.2) is 0 Å². The minimum atomic E-state index is 0.518. The molecule has 0 saturated carbocycles. The van der Waals surface area contributed by atoms with Gasteiger partial charge in [-0.05, 0) is 12.3 Å². The monoisotopic (exact) mass is 241 g/mol. The lowest BCUT2D eigenvalue weighted by Gasteiger charge is -2.08. The first-order chi connectivity index (χ1) is 7.61. The highest BCUT2D eigenvalue weighted by Gasteiger charge is 2.05. The Morgan fingerprint density at radius 1 is 1.38 bits per heavy atom. The average molecular weight is 242 g/mol. The Balaban J connectivity index is 2.65. The van der Waals surface area contributed by atoms with Gasteiger partial charge in [-0.2, -0.15) is 0 Å². The zero-order valence-corrected chi connectivity index (χ0v) is 11.0. The van der Waals surface area contributed by atoms with Gasteiger partial charge in [0.25, 0.3) is 0 Å². The SMILES string of the molecule is CCCCNc1cc(Cl)nc(CC(C)C)n1. The molecule has 0 radical (unpaired) electrons. The Morgan fingerprint density at radius 2 is 2.12 bits per heavy atom. The molecule has 0 aliphatic heterocycles. The second kappa shape index (κ2) is 6.69. The zero-order valence-electron chi connectivity index (χ0n) is 10.3. The zero-order chi connectivity index (χ0) is 12.0. The molecule has 0 saturated heterocycles. The molecule has 1 heterocycles. The van der Waals surface area contributed by atoms with Crippen LogP contribution in [0.1, 0.15) is 39.4 Å². The van der Waals surface area contributed by atoms with E-state index in [9.17, 15) is 0 Å². The third-order valence-corrected chi connectivity index (χ3v) is 2.36. The van der Waals surface area contributed by atoms with Crippen LogP contribution in [0, 0.1) is 5.92 Å². The Kier molecular flexibility index (Phi) is 5.53. The smallest absolute Gasteiger partial charge is 0.134 e. The molecule has 0 aromatic carbocycles. The van der Waals surface area contributed by atoms with Crippen LogP contribution in [-0.2, 0) is 6.42 Å². The number of anilines is 1. The number of unbranched alkanes of at least 4 members (excludes halogenated alkanes) is 1. The summed E-state index contributed by atoms with van der Waals surface area (Å²) in [5.74, 6) is 2.20. The molecule has 4 heteroatoms. The van der Waals surface area contributed by atoms with Crippen LogP contribution in [0.25, 0.3) is 0 Å². The van der Waals surface area contributed by atoms with Crippen molar-refractivity contribution in [3.05, 3.63) is 17.0 Å². The Morgan fingerprint density at radius 3 is 2.75 bits per heavy atom. The molecule has 0 amide bonds. The highest BCUT2D eigenvalue weighted by atomic mass is 35.5. The summed E-state index contributed by atoms with van der Waals surface area (Å²) in [6.45, 7) is 7.40. The fourth-order valence-corrected chi connectivity index (χ4v) is 1.61. The number of aromatic nitrogens is 2. The molecule has 0 atom stereocenters. The second-order valence-electron chi connectivity index (χ2n) is 4.37. The van der Waals surface area contributed by atoms with E-state index in [1.54, 1.807) is 6.07 Å². The van der Waals surface area contributed by atoms with Crippen molar-refractivity contribution in [2.24, 2.45) is 5.92 Å². The third kappa shape index (κ3) is 4.79. The van der Waals surface area contributed by atoms with Gasteiger partial charge < -0.3 is 5.32 Å². The Hall–Kier alpha value is -0.830. The first-order valence-corrected chi connectivity index (χ1v) is 6.27. The summed E-state index contributed by atoms with van der Waals surface area (Å²) in [6.07, 6.45) is 3.18. The van der Waals surface area contributed by atoms with E-state index in [1.165, 1.54) is 6.42 Å². The molecule has 16 heavy (non-hydrogen) atoms. The number of hydrogen-bond acceptors (Lipinski definition) is 3. The van der Waals surface area contributed by atoms with Crippen LogP contribution in [0.3, 0.4) is 0 Å². The van der Waals surface area contributed by atoms with E-state index >= 15 is 0 Å². The third-order valence-electron chi connectivity index (χ3n) is 2.17. The maximum Gasteiger partial charge on any atom is 0.134 e. The molecule has 0 unspecified atom stereocenters. The lowest BCUT2D eigenvalue weighted by Crippen LogP contribution is -2.07. The van der Waals surface area contributed by atoms with Crippen molar-refractivity contribution in [2.75, 3.05) is 11.9 Å². The van der Waals surface area contributed by atoms with Crippen LogP contribution in [0.4, 0.5) is 5.82 Å². The molecule has 0 spiro atoms. The van der Waals surface area contributed by atoms with Crippen LogP contribution in [0.15, 0.2) is 6.07 Å². The number of rotatable bonds is 6. The summed E-state index contributed by atoms with van der Waals surface area (Å²) in [5.41, 5.74) is 0. The lowest BCUT2D eigenvalue weighted by atomic mass is 10.1. The van der Waals surface area contributed by atoms with E-state index in [1.807, 2.05) is 0 Å². The predicted molar refractivity (Wildman–Crippen MR) is 69.0 cm³/mol. The first-order valence-electron chi connectivity index (χ1n) is 5.89. The minimum absolute atomic E-state index is 0.518. The van der Waals surface area contributed by atoms with Crippen molar-refractivity contribution in [3.8, 4) is 0 Å². The Bertz CT molecular complexity index is 326. The summed E-state index contributed by atoms with van der Waals surface area (Å²) in [6, 6.07) is 1.78. The van der Waals surface area contributed by atoms with Crippen LogP contribution in [0.5, 0.6) is 0 Å².